The van der Waals surface area contributed by atoms with Gasteiger partial charge in [-0.15, -0.1) is 0 Å². The van der Waals surface area contributed by atoms with Crippen LogP contribution in [0.4, 0.5) is 10.5 Å². The molecule has 6 nitrogen and oxygen atoms in total. The zero-order chi connectivity index (χ0) is 19.4. The molecule has 0 fully saturated rings. The number of rotatable bonds is 5. The lowest BCUT2D eigenvalue weighted by molar-refractivity contribution is -0.119. The molecule has 0 saturated heterocycles. The van der Waals surface area contributed by atoms with Gasteiger partial charge in [0.15, 0.2) is 5.78 Å². The van der Waals surface area contributed by atoms with Gasteiger partial charge in [0, 0.05) is 22.6 Å². The Kier molecular flexibility index (Phi) is 5.93. The van der Waals surface area contributed by atoms with Crippen molar-refractivity contribution in [3.8, 4) is 0 Å². The van der Waals surface area contributed by atoms with Gasteiger partial charge in [0.05, 0.1) is 18.8 Å². The third kappa shape index (κ3) is 4.96. The number of hydrogen-bond donors (Lipinski definition) is 2. The van der Waals surface area contributed by atoms with E-state index in [1.54, 1.807) is 18.7 Å². The van der Waals surface area contributed by atoms with Gasteiger partial charge in [0.1, 0.15) is 5.84 Å². The van der Waals surface area contributed by atoms with E-state index in [0.717, 1.165) is 26.6 Å². The second-order valence-corrected chi connectivity index (χ2v) is 7.47. The first-order valence-corrected chi connectivity index (χ1v) is 9.37. The van der Waals surface area contributed by atoms with Crippen molar-refractivity contribution in [2.45, 2.75) is 35.6 Å². The molecule has 1 aliphatic rings. The fraction of sp³-hybridized carbons (Fsp3) is 0.250. The predicted molar refractivity (Wildman–Crippen MR) is 106 cm³/mol. The number of nitrogens with zero attached hydrogens (tertiary/aromatic N) is 1. The fourth-order valence-corrected chi connectivity index (χ4v) is 3.49. The second-order valence-electron chi connectivity index (χ2n) is 6.32. The highest BCUT2D eigenvalue weighted by Crippen LogP contribution is 2.34. The van der Waals surface area contributed by atoms with Crippen LogP contribution in [0.2, 0.25) is 0 Å². The van der Waals surface area contributed by atoms with Gasteiger partial charge in [-0.05, 0) is 42.3 Å². The summed E-state index contributed by atoms with van der Waals surface area (Å²) in [7, 11) is 1.32. The third-order valence-corrected chi connectivity index (χ3v) is 5.14. The number of fused-ring (bicyclic) bond motifs is 1. The number of carbonyl (C=O) groups is 2. The van der Waals surface area contributed by atoms with E-state index in [-0.39, 0.29) is 5.78 Å². The maximum Gasteiger partial charge on any atom is 0.412 e. The number of amides is 1. The summed E-state index contributed by atoms with van der Waals surface area (Å²) in [6, 6.07) is 13.5. The molecule has 0 aromatic heterocycles. The Labute approximate surface area is 162 Å². The van der Waals surface area contributed by atoms with Crippen LogP contribution in [0.5, 0.6) is 0 Å². The molecule has 1 heterocycles. The van der Waals surface area contributed by atoms with E-state index >= 15 is 0 Å². The standard InChI is InChI=1S/C20H21N3O3S/c1-12(21)18(24)9-13-3-6-15(7-4-13)27-16-8-5-14-10-19(22-17(14)11-16)23-20(25)26-2/h3-8,11-12H,9-10,21H2,1-2H3,(H,22,23,25)/t12-/m0/s1. The molecule has 1 atom stereocenters. The molecule has 0 saturated carbocycles. The zero-order valence-electron chi connectivity index (χ0n) is 15.2. The van der Waals surface area contributed by atoms with Crippen molar-refractivity contribution in [2.24, 2.45) is 10.7 Å². The molecule has 2 aromatic rings. The summed E-state index contributed by atoms with van der Waals surface area (Å²) in [4.78, 5) is 29.6. The van der Waals surface area contributed by atoms with Gasteiger partial charge in [-0.3, -0.25) is 10.1 Å². The van der Waals surface area contributed by atoms with Gasteiger partial charge < -0.3 is 10.5 Å². The minimum atomic E-state index is -0.515. The van der Waals surface area contributed by atoms with Crippen molar-refractivity contribution in [1.82, 2.24) is 5.32 Å². The first kappa shape index (κ1) is 19.1. The number of Topliss-reactive ketones (excluding diaryl/α,β-unsaturated/α-hetero) is 1. The lowest BCUT2D eigenvalue weighted by atomic mass is 10.1. The highest BCUT2D eigenvalue weighted by Gasteiger charge is 2.17. The summed E-state index contributed by atoms with van der Waals surface area (Å²) in [5, 5.41) is 2.62. The quantitative estimate of drug-likeness (QED) is 0.827. The van der Waals surface area contributed by atoms with Gasteiger partial charge in [-0.25, -0.2) is 9.79 Å². The van der Waals surface area contributed by atoms with Crippen LogP contribution in [0.15, 0.2) is 57.2 Å². The molecule has 0 bridgehead atoms. The van der Waals surface area contributed by atoms with Gasteiger partial charge in [0.2, 0.25) is 0 Å². The Morgan fingerprint density at radius 3 is 2.59 bits per heavy atom. The SMILES string of the molecule is COC(=O)NC1=Nc2cc(Sc3ccc(CC(=O)[C@H](C)N)cc3)ccc2C1. The average Bonchev–Trinajstić information content (AvgIpc) is 3.04. The highest BCUT2D eigenvalue weighted by atomic mass is 32.2. The predicted octanol–water partition coefficient (Wildman–Crippen LogP) is 3.24. The number of methoxy groups -OCH3 is 1. The molecular formula is C20H21N3O3S. The maximum absolute atomic E-state index is 11.7. The molecule has 27 heavy (non-hydrogen) atoms. The molecule has 0 unspecified atom stereocenters. The van der Waals surface area contributed by atoms with E-state index in [9.17, 15) is 9.59 Å². The fourth-order valence-electron chi connectivity index (χ4n) is 2.64. The van der Waals surface area contributed by atoms with Crippen LogP contribution in [-0.2, 0) is 22.4 Å². The van der Waals surface area contributed by atoms with Gasteiger partial charge in [-0.2, -0.15) is 0 Å². The summed E-state index contributed by atoms with van der Waals surface area (Å²) in [6.45, 7) is 1.70. The molecule has 3 N–H and O–H groups in total. The van der Waals surface area contributed by atoms with Crippen LogP contribution in [-0.4, -0.2) is 30.9 Å². The largest absolute Gasteiger partial charge is 0.453 e. The van der Waals surface area contributed by atoms with E-state index in [0.29, 0.717) is 18.7 Å². The molecule has 7 heteroatoms. The van der Waals surface area contributed by atoms with Gasteiger partial charge in [-0.1, -0.05) is 30.0 Å². The number of benzene rings is 2. The van der Waals surface area contributed by atoms with Crippen LogP contribution >= 0.6 is 11.8 Å². The number of ether oxygens (including phenoxy) is 1. The van der Waals surface area contributed by atoms with Crippen molar-refractivity contribution >= 4 is 35.2 Å². The summed E-state index contributed by atoms with van der Waals surface area (Å²) >= 11 is 1.62. The Bertz CT molecular complexity index is 892. The maximum atomic E-state index is 11.7. The normalized spacial score (nSPS) is 13.5. The molecule has 2 aromatic carbocycles. The molecule has 3 rings (SSSR count). The number of nitrogens with one attached hydrogen (secondary N) is 1. The molecule has 1 amide bonds. The molecule has 140 valence electrons. The van der Waals surface area contributed by atoms with Crippen LogP contribution in [0.1, 0.15) is 18.1 Å². The minimum Gasteiger partial charge on any atom is -0.453 e. The highest BCUT2D eigenvalue weighted by molar-refractivity contribution is 7.99. The van der Waals surface area contributed by atoms with Gasteiger partial charge in [0.25, 0.3) is 0 Å². The molecular weight excluding hydrogens is 362 g/mol. The first-order valence-electron chi connectivity index (χ1n) is 8.55. The summed E-state index contributed by atoms with van der Waals surface area (Å²) < 4.78 is 4.60. The van der Waals surface area contributed by atoms with E-state index < -0.39 is 12.1 Å². The van der Waals surface area contributed by atoms with Crippen LogP contribution in [0.25, 0.3) is 0 Å². The summed E-state index contributed by atoms with van der Waals surface area (Å²) in [5.41, 5.74) is 8.49. The molecule has 1 aliphatic heterocycles. The van der Waals surface area contributed by atoms with Crippen molar-refractivity contribution in [3.05, 3.63) is 53.6 Å². The topological polar surface area (TPSA) is 93.8 Å². The van der Waals surface area contributed by atoms with Crippen molar-refractivity contribution in [1.29, 1.82) is 0 Å². The number of aliphatic imine (C=N–C) groups is 1. The smallest absolute Gasteiger partial charge is 0.412 e. The molecule has 0 aliphatic carbocycles. The number of amidine groups is 1. The Morgan fingerprint density at radius 2 is 1.93 bits per heavy atom. The third-order valence-electron chi connectivity index (χ3n) is 4.15. The lowest BCUT2D eigenvalue weighted by Gasteiger charge is -2.07. The summed E-state index contributed by atoms with van der Waals surface area (Å²) in [6.07, 6.45) is 0.419. The monoisotopic (exact) mass is 383 g/mol. The van der Waals surface area contributed by atoms with E-state index in [4.69, 9.17) is 5.73 Å². The van der Waals surface area contributed by atoms with Gasteiger partial charge >= 0.3 is 6.09 Å². The average molecular weight is 383 g/mol. The summed E-state index contributed by atoms with van der Waals surface area (Å²) in [5.74, 6) is 0.616. The Balaban J connectivity index is 1.66. The zero-order valence-corrected chi connectivity index (χ0v) is 16.0. The van der Waals surface area contributed by atoms with E-state index in [2.05, 4.69) is 15.0 Å². The van der Waals surface area contributed by atoms with Crippen LogP contribution in [0, 0.1) is 0 Å². The van der Waals surface area contributed by atoms with Crippen LogP contribution in [0.3, 0.4) is 0 Å². The number of ketones is 1. The first-order chi connectivity index (χ1) is 12.9. The van der Waals surface area contributed by atoms with E-state index in [1.165, 1.54) is 7.11 Å². The number of alkyl carbamates (subject to hydrolysis) is 1. The van der Waals surface area contributed by atoms with Crippen molar-refractivity contribution < 1.29 is 14.3 Å². The number of carbonyl (C=O) groups excluding carboxylic acids is 2. The van der Waals surface area contributed by atoms with E-state index in [1.807, 2.05) is 42.5 Å². The van der Waals surface area contributed by atoms with Crippen molar-refractivity contribution in [2.75, 3.05) is 7.11 Å². The lowest BCUT2D eigenvalue weighted by Crippen LogP contribution is -2.30. The molecule has 0 radical (unpaired) electrons. The Morgan fingerprint density at radius 1 is 1.22 bits per heavy atom. The van der Waals surface area contributed by atoms with Crippen LogP contribution < -0.4 is 11.1 Å². The Hall–Kier alpha value is -2.64. The number of hydrogen-bond acceptors (Lipinski definition) is 6. The second kappa shape index (κ2) is 8.37. The van der Waals surface area contributed by atoms with Crippen molar-refractivity contribution in [3.63, 3.8) is 0 Å². The minimum absolute atomic E-state index is 0.0308. The molecule has 0 spiro atoms. The number of nitrogens with two attached hydrogens (primary N) is 1.